The van der Waals surface area contributed by atoms with Crippen molar-refractivity contribution in [2.45, 2.75) is 17.4 Å². The first-order valence-electron chi connectivity index (χ1n) is 11.1. The quantitative estimate of drug-likeness (QED) is 0.451. The van der Waals surface area contributed by atoms with Crippen LogP contribution in [0.5, 0.6) is 11.5 Å². The third-order valence-corrected chi connectivity index (χ3v) is 6.94. The number of hydrogen-bond acceptors (Lipinski definition) is 7. The summed E-state index contributed by atoms with van der Waals surface area (Å²) in [5.41, 5.74) is 0. The molecule has 0 unspecified atom stereocenters. The van der Waals surface area contributed by atoms with Crippen LogP contribution in [-0.2, 0) is 24.3 Å². The Balaban J connectivity index is 1.19. The number of para-hydroxylation sites is 2. The van der Waals surface area contributed by atoms with E-state index in [4.69, 9.17) is 14.2 Å². The second-order valence-corrected chi connectivity index (χ2v) is 9.86. The lowest BCUT2D eigenvalue weighted by molar-refractivity contribution is -0.151. The van der Waals surface area contributed by atoms with Crippen LogP contribution in [0.15, 0.2) is 71.6 Å². The Morgan fingerprint density at radius 3 is 2.54 bits per heavy atom. The summed E-state index contributed by atoms with van der Waals surface area (Å²) in [5, 5.41) is 1.73. The fourth-order valence-corrected chi connectivity index (χ4v) is 4.66. The number of carbonyl (C=O) groups is 2. The second-order valence-electron chi connectivity index (χ2n) is 8.09. The second kappa shape index (κ2) is 10.7. The third-order valence-electron chi connectivity index (χ3n) is 5.48. The van der Waals surface area contributed by atoms with Crippen molar-refractivity contribution in [3.8, 4) is 11.5 Å². The smallest absolute Gasteiger partial charge is 0.307 e. The molecular weight excluding hydrogens is 472 g/mol. The monoisotopic (exact) mass is 498 g/mol. The molecular formula is C25H26N2O7S. The fourth-order valence-electron chi connectivity index (χ4n) is 3.59. The van der Waals surface area contributed by atoms with Crippen molar-refractivity contribution in [3.63, 3.8) is 0 Å². The summed E-state index contributed by atoms with van der Waals surface area (Å²) >= 11 is 0. The molecule has 4 rings (SSSR count). The summed E-state index contributed by atoms with van der Waals surface area (Å²) < 4.78 is 43.9. The Morgan fingerprint density at radius 1 is 1.03 bits per heavy atom. The predicted molar refractivity (Wildman–Crippen MR) is 129 cm³/mol. The molecule has 9 nitrogen and oxygen atoms in total. The van der Waals surface area contributed by atoms with Gasteiger partial charge in [0.1, 0.15) is 6.61 Å². The molecule has 184 valence electrons. The van der Waals surface area contributed by atoms with Gasteiger partial charge in [0.05, 0.1) is 17.9 Å². The summed E-state index contributed by atoms with van der Waals surface area (Å²) in [5.74, 6) is 0.182. The standard InChI is InChI=1S/C25H26N2O7S/c1-27(15-20-16-32-22-8-4-5-9-23(22)34-20)24(28)17-33-25(29)12-13-26-35(30,31)21-11-10-18-6-2-3-7-19(18)14-21/h2-11,14,20,26H,12-13,15-17H2,1H3/t20-/m1/s1. The number of ether oxygens (including phenoxy) is 3. The van der Waals surface area contributed by atoms with Crippen LogP contribution in [0.3, 0.4) is 0 Å². The molecule has 1 heterocycles. The van der Waals surface area contributed by atoms with Gasteiger partial charge in [0.25, 0.3) is 5.91 Å². The summed E-state index contributed by atoms with van der Waals surface area (Å²) in [4.78, 5) is 25.9. The normalized spacial score (nSPS) is 14.9. The molecule has 1 amide bonds. The Bertz CT molecular complexity index is 1330. The molecule has 1 aliphatic heterocycles. The Morgan fingerprint density at radius 2 is 1.74 bits per heavy atom. The number of nitrogens with zero attached hydrogens (tertiary/aromatic N) is 1. The Labute approximate surface area is 203 Å². The molecule has 0 aliphatic carbocycles. The van der Waals surface area contributed by atoms with E-state index in [9.17, 15) is 18.0 Å². The minimum absolute atomic E-state index is 0.109. The molecule has 3 aromatic carbocycles. The Hall–Kier alpha value is -3.63. The van der Waals surface area contributed by atoms with Gasteiger partial charge in [-0.3, -0.25) is 9.59 Å². The maximum absolute atomic E-state index is 12.5. The van der Waals surface area contributed by atoms with Gasteiger partial charge in [-0.2, -0.15) is 0 Å². The van der Waals surface area contributed by atoms with Crippen molar-refractivity contribution < 1.29 is 32.2 Å². The molecule has 0 aromatic heterocycles. The lowest BCUT2D eigenvalue weighted by Gasteiger charge is -2.29. The fraction of sp³-hybridized carbons (Fsp3) is 0.280. The van der Waals surface area contributed by atoms with Gasteiger partial charge in [0, 0.05) is 13.6 Å². The van der Waals surface area contributed by atoms with Crippen LogP contribution in [-0.4, -0.2) is 64.6 Å². The molecule has 3 aromatic rings. The van der Waals surface area contributed by atoms with Crippen LogP contribution in [0.1, 0.15) is 6.42 Å². The maximum Gasteiger partial charge on any atom is 0.307 e. The topological polar surface area (TPSA) is 111 Å². The zero-order valence-corrected chi connectivity index (χ0v) is 20.0. The highest BCUT2D eigenvalue weighted by Gasteiger charge is 2.24. The first-order valence-corrected chi connectivity index (χ1v) is 12.6. The molecule has 0 radical (unpaired) electrons. The summed E-state index contributed by atoms with van der Waals surface area (Å²) in [7, 11) is -2.21. The van der Waals surface area contributed by atoms with Gasteiger partial charge in [0.15, 0.2) is 24.2 Å². The van der Waals surface area contributed by atoms with Crippen molar-refractivity contribution in [1.82, 2.24) is 9.62 Å². The third kappa shape index (κ3) is 6.28. The van der Waals surface area contributed by atoms with E-state index in [2.05, 4.69) is 4.72 Å². The molecule has 0 fully saturated rings. The zero-order chi connectivity index (χ0) is 24.8. The predicted octanol–water partition coefficient (Wildman–Crippen LogP) is 2.35. The van der Waals surface area contributed by atoms with E-state index in [0.29, 0.717) is 18.1 Å². The number of nitrogens with one attached hydrogen (secondary N) is 1. The number of benzene rings is 3. The van der Waals surface area contributed by atoms with Crippen molar-refractivity contribution >= 4 is 32.7 Å². The SMILES string of the molecule is CN(C[C@@H]1COc2ccccc2O1)C(=O)COC(=O)CCNS(=O)(=O)c1ccc2ccccc2c1. The number of esters is 1. The average Bonchev–Trinajstić information content (AvgIpc) is 2.86. The molecule has 0 saturated heterocycles. The lowest BCUT2D eigenvalue weighted by Crippen LogP contribution is -2.43. The highest BCUT2D eigenvalue weighted by Crippen LogP contribution is 2.30. The van der Waals surface area contributed by atoms with Crippen molar-refractivity contribution in [2.75, 3.05) is 33.4 Å². The first-order chi connectivity index (χ1) is 16.8. The minimum atomic E-state index is -3.79. The van der Waals surface area contributed by atoms with Gasteiger partial charge in [-0.1, -0.05) is 42.5 Å². The van der Waals surface area contributed by atoms with Gasteiger partial charge in [0.2, 0.25) is 10.0 Å². The molecule has 1 aliphatic rings. The molecule has 1 atom stereocenters. The van der Waals surface area contributed by atoms with E-state index in [-0.39, 0.29) is 30.5 Å². The number of sulfonamides is 1. The minimum Gasteiger partial charge on any atom is -0.486 e. The summed E-state index contributed by atoms with van der Waals surface area (Å²) in [6.07, 6.45) is -0.556. The Kier molecular flexibility index (Phi) is 7.52. The van der Waals surface area contributed by atoms with Crippen molar-refractivity contribution in [1.29, 1.82) is 0 Å². The number of likely N-dealkylation sites (N-methyl/N-ethyl adjacent to an activating group) is 1. The number of amides is 1. The summed E-state index contributed by atoms with van der Waals surface area (Å²) in [6, 6.07) is 19.5. The van der Waals surface area contributed by atoms with Crippen molar-refractivity contribution in [3.05, 3.63) is 66.7 Å². The van der Waals surface area contributed by atoms with Crippen molar-refractivity contribution in [2.24, 2.45) is 0 Å². The van der Waals surface area contributed by atoms with Gasteiger partial charge in [-0.25, -0.2) is 13.1 Å². The van der Waals surface area contributed by atoms with Crippen LogP contribution < -0.4 is 14.2 Å². The van der Waals surface area contributed by atoms with Gasteiger partial charge < -0.3 is 19.1 Å². The lowest BCUT2D eigenvalue weighted by atomic mass is 10.1. The number of carbonyl (C=O) groups excluding carboxylic acids is 2. The van der Waals surface area contributed by atoms with E-state index in [1.54, 1.807) is 25.2 Å². The van der Waals surface area contributed by atoms with Crippen LogP contribution in [0.25, 0.3) is 10.8 Å². The number of hydrogen-bond donors (Lipinski definition) is 1. The molecule has 0 spiro atoms. The van der Waals surface area contributed by atoms with E-state index < -0.39 is 28.5 Å². The highest BCUT2D eigenvalue weighted by atomic mass is 32.2. The molecule has 10 heteroatoms. The highest BCUT2D eigenvalue weighted by molar-refractivity contribution is 7.89. The van der Waals surface area contributed by atoms with E-state index >= 15 is 0 Å². The van der Waals surface area contributed by atoms with E-state index in [1.807, 2.05) is 42.5 Å². The van der Waals surface area contributed by atoms with E-state index in [1.165, 1.54) is 11.0 Å². The zero-order valence-electron chi connectivity index (χ0n) is 19.2. The van der Waals surface area contributed by atoms with Gasteiger partial charge in [-0.15, -0.1) is 0 Å². The average molecular weight is 499 g/mol. The molecule has 0 saturated carbocycles. The van der Waals surface area contributed by atoms with Crippen LogP contribution in [0.4, 0.5) is 0 Å². The number of rotatable bonds is 9. The van der Waals surface area contributed by atoms with E-state index in [0.717, 1.165) is 10.8 Å². The van der Waals surface area contributed by atoms with Gasteiger partial charge >= 0.3 is 5.97 Å². The summed E-state index contributed by atoms with van der Waals surface area (Å²) in [6.45, 7) is -0.0380. The maximum atomic E-state index is 12.5. The van der Waals surface area contributed by atoms with Gasteiger partial charge in [-0.05, 0) is 35.0 Å². The largest absolute Gasteiger partial charge is 0.486 e. The molecule has 1 N–H and O–H groups in total. The number of fused-ring (bicyclic) bond motifs is 2. The van der Waals surface area contributed by atoms with Crippen LogP contribution in [0, 0.1) is 0 Å². The molecule has 0 bridgehead atoms. The van der Waals surface area contributed by atoms with Crippen LogP contribution in [0.2, 0.25) is 0 Å². The molecule has 35 heavy (non-hydrogen) atoms. The first kappa shape index (κ1) is 24.5. The van der Waals surface area contributed by atoms with Crippen LogP contribution >= 0.6 is 0 Å².